The minimum Gasteiger partial charge on any atom is -0.435 e. The van der Waals surface area contributed by atoms with E-state index < -0.39 is 12.2 Å². The number of amides is 1. The fourth-order valence-corrected chi connectivity index (χ4v) is 3.53. The summed E-state index contributed by atoms with van der Waals surface area (Å²) in [6.07, 6.45) is 2.22. The summed E-state index contributed by atoms with van der Waals surface area (Å²) in [7, 11) is 0. The normalized spacial score (nSPS) is 24.7. The lowest BCUT2D eigenvalue weighted by molar-refractivity contribution is -0.0524. The molecular formula is C18H24F2N2O4. The molecule has 3 rings (SSSR count). The van der Waals surface area contributed by atoms with Crippen molar-refractivity contribution in [3.63, 3.8) is 0 Å². The predicted molar refractivity (Wildman–Crippen MR) is 90.4 cm³/mol. The standard InChI is InChI=1S/C18H24F2N2O4/c19-17(20)26-15-5-3-4-14(10-15)16(23)22-8-9-25-13-18(24,12-22)11-21-6-1-2-7-21/h3-5,10,17,24H,1-2,6-9,11-13H2. The number of aliphatic hydroxyl groups is 1. The Labute approximate surface area is 151 Å². The highest BCUT2D eigenvalue weighted by Gasteiger charge is 2.36. The molecule has 2 aliphatic heterocycles. The summed E-state index contributed by atoms with van der Waals surface area (Å²) in [5, 5.41) is 11.0. The maximum atomic E-state index is 12.8. The number of benzene rings is 1. The number of alkyl halides is 2. The lowest BCUT2D eigenvalue weighted by atomic mass is 10.0. The lowest BCUT2D eigenvalue weighted by Gasteiger charge is -2.34. The van der Waals surface area contributed by atoms with E-state index in [4.69, 9.17) is 4.74 Å². The van der Waals surface area contributed by atoms with Crippen molar-refractivity contribution in [2.75, 3.05) is 45.9 Å². The fraction of sp³-hybridized carbons (Fsp3) is 0.611. The second kappa shape index (κ2) is 8.28. The van der Waals surface area contributed by atoms with Gasteiger partial charge < -0.3 is 24.4 Å². The molecule has 0 saturated carbocycles. The third-order valence-corrected chi connectivity index (χ3v) is 4.67. The second-order valence-corrected chi connectivity index (χ2v) is 6.89. The Morgan fingerprint density at radius 3 is 2.81 bits per heavy atom. The Hall–Kier alpha value is -1.77. The Bertz CT molecular complexity index is 625. The van der Waals surface area contributed by atoms with Gasteiger partial charge in [0.05, 0.1) is 19.8 Å². The third kappa shape index (κ3) is 4.90. The van der Waals surface area contributed by atoms with Crippen LogP contribution in [0, 0.1) is 0 Å². The number of nitrogens with zero attached hydrogens (tertiary/aromatic N) is 2. The molecule has 2 aliphatic rings. The number of rotatable bonds is 5. The number of ether oxygens (including phenoxy) is 2. The molecule has 144 valence electrons. The smallest absolute Gasteiger partial charge is 0.387 e. The first-order chi connectivity index (χ1) is 12.5. The van der Waals surface area contributed by atoms with Gasteiger partial charge in [-0.25, -0.2) is 0 Å². The van der Waals surface area contributed by atoms with Gasteiger partial charge in [-0.15, -0.1) is 0 Å². The Kier molecular flexibility index (Phi) is 6.05. The van der Waals surface area contributed by atoms with E-state index in [9.17, 15) is 18.7 Å². The van der Waals surface area contributed by atoms with Crippen LogP contribution in [0.15, 0.2) is 24.3 Å². The van der Waals surface area contributed by atoms with Crippen molar-refractivity contribution < 1.29 is 28.2 Å². The predicted octanol–water partition coefficient (Wildman–Crippen LogP) is 1.59. The summed E-state index contributed by atoms with van der Waals surface area (Å²) in [6, 6.07) is 5.71. The molecule has 0 aliphatic carbocycles. The van der Waals surface area contributed by atoms with Crippen molar-refractivity contribution in [2.24, 2.45) is 0 Å². The van der Waals surface area contributed by atoms with Crippen LogP contribution in [-0.2, 0) is 4.74 Å². The highest BCUT2D eigenvalue weighted by atomic mass is 19.3. The van der Waals surface area contributed by atoms with Gasteiger partial charge in [0.15, 0.2) is 0 Å². The molecule has 0 aromatic heterocycles. The number of carbonyl (C=O) groups is 1. The van der Waals surface area contributed by atoms with Gasteiger partial charge in [-0.3, -0.25) is 4.79 Å². The minimum absolute atomic E-state index is 0.0655. The number of hydrogen-bond donors (Lipinski definition) is 1. The summed E-state index contributed by atoms with van der Waals surface area (Å²) >= 11 is 0. The highest BCUT2D eigenvalue weighted by molar-refractivity contribution is 5.94. The van der Waals surface area contributed by atoms with Crippen LogP contribution in [0.25, 0.3) is 0 Å². The number of β-amino-alcohol motifs (C(OH)–C–C–N with tert-alkyl or cyclic N) is 1. The first-order valence-corrected chi connectivity index (χ1v) is 8.82. The van der Waals surface area contributed by atoms with Crippen molar-refractivity contribution in [3.8, 4) is 5.75 Å². The van der Waals surface area contributed by atoms with Crippen molar-refractivity contribution >= 4 is 5.91 Å². The van der Waals surface area contributed by atoms with Crippen LogP contribution in [0.5, 0.6) is 5.75 Å². The fourth-order valence-electron chi connectivity index (χ4n) is 3.53. The van der Waals surface area contributed by atoms with Gasteiger partial charge in [-0.1, -0.05) is 6.07 Å². The van der Waals surface area contributed by atoms with Crippen LogP contribution in [0.2, 0.25) is 0 Å². The molecule has 0 spiro atoms. The van der Waals surface area contributed by atoms with Crippen molar-refractivity contribution in [1.29, 1.82) is 0 Å². The third-order valence-electron chi connectivity index (χ3n) is 4.67. The average molecular weight is 370 g/mol. The molecule has 0 radical (unpaired) electrons. The average Bonchev–Trinajstić information content (AvgIpc) is 3.01. The zero-order valence-electron chi connectivity index (χ0n) is 14.6. The molecule has 2 fully saturated rings. The van der Waals surface area contributed by atoms with Crippen LogP contribution in [0.4, 0.5) is 8.78 Å². The van der Waals surface area contributed by atoms with Crippen molar-refractivity contribution in [3.05, 3.63) is 29.8 Å². The molecule has 2 saturated heterocycles. The summed E-state index contributed by atoms with van der Waals surface area (Å²) in [6.45, 7) is 0.335. The molecule has 26 heavy (non-hydrogen) atoms. The summed E-state index contributed by atoms with van der Waals surface area (Å²) < 4.78 is 34.7. The zero-order chi connectivity index (χ0) is 18.6. The van der Waals surface area contributed by atoms with E-state index >= 15 is 0 Å². The van der Waals surface area contributed by atoms with Crippen molar-refractivity contribution in [1.82, 2.24) is 9.80 Å². The van der Waals surface area contributed by atoms with Crippen LogP contribution in [0.1, 0.15) is 23.2 Å². The van der Waals surface area contributed by atoms with E-state index in [1.165, 1.54) is 23.1 Å². The number of hydrogen-bond acceptors (Lipinski definition) is 5. The summed E-state index contributed by atoms with van der Waals surface area (Å²) in [5.74, 6) is -0.403. The van der Waals surface area contributed by atoms with Crippen LogP contribution >= 0.6 is 0 Å². The monoisotopic (exact) mass is 370 g/mol. The lowest BCUT2D eigenvalue weighted by Crippen LogP contribution is -2.53. The highest BCUT2D eigenvalue weighted by Crippen LogP contribution is 2.21. The van der Waals surface area contributed by atoms with Crippen LogP contribution < -0.4 is 4.74 Å². The zero-order valence-corrected chi connectivity index (χ0v) is 14.6. The number of halogens is 2. The molecule has 0 bridgehead atoms. The second-order valence-electron chi connectivity index (χ2n) is 6.89. The van der Waals surface area contributed by atoms with Gasteiger partial charge in [0.2, 0.25) is 0 Å². The first-order valence-electron chi connectivity index (χ1n) is 8.82. The largest absolute Gasteiger partial charge is 0.435 e. The van der Waals surface area contributed by atoms with E-state index in [2.05, 4.69) is 9.64 Å². The summed E-state index contributed by atoms with van der Waals surface area (Å²) in [5.41, 5.74) is -0.901. The molecule has 2 heterocycles. The number of carbonyl (C=O) groups excluding carboxylic acids is 1. The van der Waals surface area contributed by atoms with Gasteiger partial charge in [-0.05, 0) is 44.1 Å². The topological polar surface area (TPSA) is 62.2 Å². The molecule has 1 unspecified atom stereocenters. The molecule has 1 atom stereocenters. The van der Waals surface area contributed by atoms with Gasteiger partial charge in [0.1, 0.15) is 11.4 Å². The Morgan fingerprint density at radius 1 is 1.31 bits per heavy atom. The van der Waals surface area contributed by atoms with Gasteiger partial charge in [0.25, 0.3) is 5.91 Å². The van der Waals surface area contributed by atoms with E-state index in [0.717, 1.165) is 25.9 Å². The van der Waals surface area contributed by atoms with E-state index in [1.807, 2.05) is 0 Å². The van der Waals surface area contributed by atoms with Crippen LogP contribution in [-0.4, -0.2) is 79.0 Å². The van der Waals surface area contributed by atoms with Gasteiger partial charge in [-0.2, -0.15) is 8.78 Å². The van der Waals surface area contributed by atoms with E-state index in [-0.39, 0.29) is 30.4 Å². The molecule has 1 N–H and O–H groups in total. The molecule has 8 heteroatoms. The molecule has 1 aromatic carbocycles. The van der Waals surface area contributed by atoms with Crippen LogP contribution in [0.3, 0.4) is 0 Å². The molecule has 1 aromatic rings. The SMILES string of the molecule is O=C(c1cccc(OC(F)F)c1)N1CCOCC(O)(CN2CCCC2)C1. The summed E-state index contributed by atoms with van der Waals surface area (Å²) in [4.78, 5) is 16.5. The molecule has 6 nitrogen and oxygen atoms in total. The van der Waals surface area contributed by atoms with Gasteiger partial charge >= 0.3 is 6.61 Å². The molecular weight excluding hydrogens is 346 g/mol. The minimum atomic E-state index is -2.95. The quantitative estimate of drug-likeness (QED) is 0.853. The first kappa shape index (κ1) is 19.0. The van der Waals surface area contributed by atoms with E-state index in [1.54, 1.807) is 6.07 Å². The maximum absolute atomic E-state index is 12.8. The maximum Gasteiger partial charge on any atom is 0.387 e. The van der Waals surface area contributed by atoms with Gasteiger partial charge in [0, 0.05) is 18.7 Å². The Balaban J connectivity index is 1.71. The van der Waals surface area contributed by atoms with E-state index in [0.29, 0.717) is 19.7 Å². The molecule has 1 amide bonds. The van der Waals surface area contributed by atoms with Crippen molar-refractivity contribution in [2.45, 2.75) is 25.1 Å². The Morgan fingerprint density at radius 2 is 2.08 bits per heavy atom. The number of likely N-dealkylation sites (tertiary alicyclic amines) is 1.